The van der Waals surface area contributed by atoms with Gasteiger partial charge in [-0.25, -0.2) is 4.79 Å². The smallest absolute Gasteiger partial charge is 0.315 e. The molecule has 0 heterocycles. The van der Waals surface area contributed by atoms with Crippen LogP contribution in [0.1, 0.15) is 39.5 Å². The molecule has 0 aromatic rings. The maximum atomic E-state index is 11.5. The van der Waals surface area contributed by atoms with Crippen LogP contribution in [0, 0.1) is 11.8 Å². The van der Waals surface area contributed by atoms with Gasteiger partial charge in [-0.05, 0) is 31.6 Å². The molecule has 5 heteroatoms. The number of carbonyl (C=O) groups excluding carboxylic acids is 1. The van der Waals surface area contributed by atoms with Crippen LogP contribution in [-0.2, 0) is 4.79 Å². The van der Waals surface area contributed by atoms with Gasteiger partial charge in [0, 0.05) is 19.0 Å². The SMILES string of the molecule is CC(CNC(=O)NC(C)C1CCC1)CC(=O)O. The molecule has 0 aromatic carbocycles. The molecule has 0 spiro atoms. The second-order valence-corrected chi connectivity index (χ2v) is 5.04. The fraction of sp³-hybridized carbons (Fsp3) is 0.833. The predicted molar refractivity (Wildman–Crippen MR) is 64.8 cm³/mol. The second kappa shape index (κ2) is 6.47. The molecule has 1 saturated carbocycles. The summed E-state index contributed by atoms with van der Waals surface area (Å²) in [7, 11) is 0. The number of carboxylic acids is 1. The lowest BCUT2D eigenvalue weighted by Crippen LogP contribution is -2.46. The molecular weight excluding hydrogens is 220 g/mol. The highest BCUT2D eigenvalue weighted by Gasteiger charge is 2.24. The summed E-state index contributed by atoms with van der Waals surface area (Å²) in [5, 5.41) is 14.2. The standard InChI is InChI=1S/C12H22N2O3/c1-8(6-11(15)16)7-13-12(17)14-9(2)10-4-3-5-10/h8-10H,3-7H2,1-2H3,(H,15,16)(H2,13,14,17). The van der Waals surface area contributed by atoms with Crippen LogP contribution in [0.3, 0.4) is 0 Å². The third-order valence-electron chi connectivity index (χ3n) is 3.35. The van der Waals surface area contributed by atoms with Gasteiger partial charge in [0.05, 0.1) is 0 Å². The number of hydrogen-bond acceptors (Lipinski definition) is 2. The van der Waals surface area contributed by atoms with Crippen molar-refractivity contribution in [2.75, 3.05) is 6.54 Å². The Morgan fingerprint density at radius 1 is 1.35 bits per heavy atom. The minimum atomic E-state index is -0.831. The van der Waals surface area contributed by atoms with E-state index in [-0.39, 0.29) is 24.4 Å². The summed E-state index contributed by atoms with van der Waals surface area (Å²) in [6, 6.07) is 0.0140. The number of nitrogens with one attached hydrogen (secondary N) is 2. The number of hydrogen-bond donors (Lipinski definition) is 3. The lowest BCUT2D eigenvalue weighted by atomic mass is 9.80. The van der Waals surface area contributed by atoms with Crippen LogP contribution in [0.15, 0.2) is 0 Å². The molecule has 5 nitrogen and oxygen atoms in total. The monoisotopic (exact) mass is 242 g/mol. The average molecular weight is 242 g/mol. The molecular formula is C12H22N2O3. The lowest BCUT2D eigenvalue weighted by Gasteiger charge is -2.31. The molecule has 2 amide bonds. The Bertz CT molecular complexity index is 277. The summed E-state index contributed by atoms with van der Waals surface area (Å²) in [4.78, 5) is 22.0. The van der Waals surface area contributed by atoms with Gasteiger partial charge in [0.1, 0.15) is 0 Å². The van der Waals surface area contributed by atoms with Crippen LogP contribution in [0.25, 0.3) is 0 Å². The topological polar surface area (TPSA) is 78.4 Å². The summed E-state index contributed by atoms with van der Waals surface area (Å²) in [6.07, 6.45) is 3.72. The Kier molecular flexibility index (Phi) is 5.25. The normalized spacial score (nSPS) is 18.9. The largest absolute Gasteiger partial charge is 0.481 e. The number of aliphatic carboxylic acids is 1. The number of carboxylic acid groups (broad SMARTS) is 1. The zero-order valence-corrected chi connectivity index (χ0v) is 10.5. The van der Waals surface area contributed by atoms with Crippen molar-refractivity contribution in [3.05, 3.63) is 0 Å². The Labute approximate surface area is 102 Å². The molecule has 2 unspecified atom stereocenters. The highest BCUT2D eigenvalue weighted by atomic mass is 16.4. The minimum absolute atomic E-state index is 0.0442. The van der Waals surface area contributed by atoms with E-state index in [0.29, 0.717) is 12.5 Å². The van der Waals surface area contributed by atoms with Crippen molar-refractivity contribution in [3.63, 3.8) is 0 Å². The molecule has 0 saturated heterocycles. The van der Waals surface area contributed by atoms with E-state index in [4.69, 9.17) is 5.11 Å². The zero-order valence-electron chi connectivity index (χ0n) is 10.5. The van der Waals surface area contributed by atoms with Gasteiger partial charge in [-0.1, -0.05) is 13.3 Å². The molecule has 0 aliphatic heterocycles. The molecule has 2 atom stereocenters. The van der Waals surface area contributed by atoms with E-state index in [9.17, 15) is 9.59 Å². The van der Waals surface area contributed by atoms with Crippen LogP contribution in [0.2, 0.25) is 0 Å². The van der Waals surface area contributed by atoms with E-state index < -0.39 is 5.97 Å². The van der Waals surface area contributed by atoms with Crippen LogP contribution in [0.5, 0.6) is 0 Å². The highest BCUT2D eigenvalue weighted by Crippen LogP contribution is 2.29. The second-order valence-electron chi connectivity index (χ2n) is 5.04. The fourth-order valence-corrected chi connectivity index (χ4v) is 1.95. The van der Waals surface area contributed by atoms with Gasteiger partial charge < -0.3 is 15.7 Å². The summed E-state index contributed by atoms with van der Waals surface area (Å²) in [6.45, 7) is 4.23. The molecule has 0 aromatic heterocycles. The number of urea groups is 1. The van der Waals surface area contributed by atoms with Crippen molar-refractivity contribution in [1.29, 1.82) is 0 Å². The first-order valence-electron chi connectivity index (χ1n) is 6.25. The maximum absolute atomic E-state index is 11.5. The quantitative estimate of drug-likeness (QED) is 0.661. The van der Waals surface area contributed by atoms with E-state index in [0.717, 1.165) is 0 Å². The third kappa shape index (κ3) is 5.06. The Morgan fingerprint density at radius 2 is 2.00 bits per heavy atom. The van der Waals surface area contributed by atoms with Gasteiger partial charge >= 0.3 is 12.0 Å². The molecule has 1 fully saturated rings. The molecule has 1 aliphatic carbocycles. The van der Waals surface area contributed by atoms with E-state index in [1.807, 2.05) is 13.8 Å². The number of rotatable bonds is 6. The van der Waals surface area contributed by atoms with Crippen LogP contribution >= 0.6 is 0 Å². The van der Waals surface area contributed by atoms with E-state index in [2.05, 4.69) is 10.6 Å². The van der Waals surface area contributed by atoms with Crippen molar-refractivity contribution < 1.29 is 14.7 Å². The molecule has 17 heavy (non-hydrogen) atoms. The molecule has 1 rings (SSSR count). The van der Waals surface area contributed by atoms with Crippen molar-refractivity contribution in [2.24, 2.45) is 11.8 Å². The van der Waals surface area contributed by atoms with Crippen LogP contribution in [-0.4, -0.2) is 29.7 Å². The number of carbonyl (C=O) groups is 2. The molecule has 98 valence electrons. The van der Waals surface area contributed by atoms with Gasteiger partial charge in [-0.15, -0.1) is 0 Å². The fourth-order valence-electron chi connectivity index (χ4n) is 1.95. The summed E-state index contributed by atoms with van der Waals surface area (Å²) in [5.74, 6) is -0.267. The minimum Gasteiger partial charge on any atom is -0.481 e. The van der Waals surface area contributed by atoms with Gasteiger partial charge in [0.2, 0.25) is 0 Å². The van der Waals surface area contributed by atoms with Gasteiger partial charge in [-0.2, -0.15) is 0 Å². The van der Waals surface area contributed by atoms with Crippen LogP contribution < -0.4 is 10.6 Å². The summed E-state index contributed by atoms with van der Waals surface area (Å²) >= 11 is 0. The Balaban J connectivity index is 2.13. The van der Waals surface area contributed by atoms with E-state index >= 15 is 0 Å². The molecule has 3 N–H and O–H groups in total. The summed E-state index contributed by atoms with van der Waals surface area (Å²) in [5.41, 5.74) is 0. The molecule has 0 radical (unpaired) electrons. The zero-order chi connectivity index (χ0) is 12.8. The predicted octanol–water partition coefficient (Wildman–Crippen LogP) is 1.58. The van der Waals surface area contributed by atoms with Crippen molar-refractivity contribution in [3.8, 4) is 0 Å². The van der Waals surface area contributed by atoms with Gasteiger partial charge in [-0.3, -0.25) is 4.79 Å². The highest BCUT2D eigenvalue weighted by molar-refractivity contribution is 5.74. The van der Waals surface area contributed by atoms with Crippen molar-refractivity contribution in [2.45, 2.75) is 45.6 Å². The van der Waals surface area contributed by atoms with E-state index in [1.54, 1.807) is 0 Å². The third-order valence-corrected chi connectivity index (χ3v) is 3.35. The summed E-state index contributed by atoms with van der Waals surface area (Å²) < 4.78 is 0. The first kappa shape index (κ1) is 13.8. The molecule has 0 bridgehead atoms. The van der Waals surface area contributed by atoms with Crippen molar-refractivity contribution >= 4 is 12.0 Å². The van der Waals surface area contributed by atoms with Gasteiger partial charge in [0.15, 0.2) is 0 Å². The van der Waals surface area contributed by atoms with Gasteiger partial charge in [0.25, 0.3) is 0 Å². The average Bonchev–Trinajstić information content (AvgIpc) is 2.10. The van der Waals surface area contributed by atoms with Crippen molar-refractivity contribution in [1.82, 2.24) is 10.6 Å². The Morgan fingerprint density at radius 3 is 2.47 bits per heavy atom. The first-order chi connectivity index (χ1) is 7.99. The number of amides is 2. The Hall–Kier alpha value is -1.26. The first-order valence-corrected chi connectivity index (χ1v) is 6.25. The van der Waals surface area contributed by atoms with E-state index in [1.165, 1.54) is 19.3 Å². The lowest BCUT2D eigenvalue weighted by molar-refractivity contribution is -0.137. The molecule has 1 aliphatic rings. The van der Waals surface area contributed by atoms with Crippen LogP contribution in [0.4, 0.5) is 4.79 Å². The maximum Gasteiger partial charge on any atom is 0.315 e.